The molecule has 2 aliphatic rings. The molecule has 0 bridgehead atoms. The van der Waals surface area contributed by atoms with E-state index in [1.165, 1.54) is 17.0 Å². The average molecular weight is 350 g/mol. The molecule has 126 valence electrons. The monoisotopic (exact) mass is 350 g/mol. The molecule has 0 aromatic heterocycles. The molecule has 0 unspecified atom stereocenters. The highest BCUT2D eigenvalue weighted by atomic mass is 31.2. The molecule has 1 heterocycles. The van der Waals surface area contributed by atoms with Crippen LogP contribution < -0.4 is 0 Å². The Balaban J connectivity index is 2.11. The van der Waals surface area contributed by atoms with Gasteiger partial charge >= 0.3 is 7.60 Å². The van der Waals surface area contributed by atoms with Crippen LogP contribution in [0, 0.1) is 10.1 Å². The second kappa shape index (κ2) is 5.66. The molecule has 1 aliphatic heterocycles. The van der Waals surface area contributed by atoms with Gasteiger partial charge in [0.05, 0.1) is 4.92 Å². The van der Waals surface area contributed by atoms with Gasteiger partial charge in [0.1, 0.15) is 5.56 Å². The Bertz CT molecular complexity index is 867. The first-order valence-corrected chi connectivity index (χ1v) is 8.83. The van der Waals surface area contributed by atoms with Gasteiger partial charge < -0.3 is 14.7 Å². The number of carbonyl (C=O) groups is 1. The Morgan fingerprint density at radius 1 is 1.25 bits per heavy atom. The SMILES string of the molecule is CN1Cc2c(C3=CC=C(P(=O)(O)O)CC3)ccc([N+](=O)[O-])c2C1=O. The molecule has 0 saturated carbocycles. The molecule has 24 heavy (non-hydrogen) atoms. The number of amides is 1. The number of carbonyl (C=O) groups excluding carboxylic acids is 1. The maximum absolute atomic E-state index is 12.2. The number of allylic oxidation sites excluding steroid dienone is 4. The Labute approximate surface area is 137 Å². The van der Waals surface area contributed by atoms with Crippen LogP contribution in [-0.4, -0.2) is 32.6 Å². The molecule has 1 aromatic carbocycles. The topological polar surface area (TPSA) is 121 Å². The third-order valence-electron chi connectivity index (χ3n) is 4.29. The summed E-state index contributed by atoms with van der Waals surface area (Å²) in [6, 6.07) is 2.92. The van der Waals surface area contributed by atoms with E-state index < -0.39 is 12.5 Å². The lowest BCUT2D eigenvalue weighted by atomic mass is 9.91. The maximum Gasteiger partial charge on any atom is 0.352 e. The van der Waals surface area contributed by atoms with Crippen LogP contribution in [0.5, 0.6) is 0 Å². The van der Waals surface area contributed by atoms with Crippen molar-refractivity contribution in [3.8, 4) is 0 Å². The van der Waals surface area contributed by atoms with Gasteiger partial charge in [-0.15, -0.1) is 0 Å². The molecule has 1 aromatic rings. The molecule has 0 radical (unpaired) electrons. The van der Waals surface area contributed by atoms with E-state index in [-0.39, 0.29) is 35.4 Å². The highest BCUT2D eigenvalue weighted by molar-refractivity contribution is 7.56. The van der Waals surface area contributed by atoms with E-state index in [0.717, 1.165) is 5.57 Å². The minimum Gasteiger partial charge on any atom is -0.337 e. The fourth-order valence-corrected chi connectivity index (χ4v) is 3.76. The predicted octanol–water partition coefficient (Wildman–Crippen LogP) is 2.42. The van der Waals surface area contributed by atoms with E-state index in [1.807, 2.05) is 0 Å². The van der Waals surface area contributed by atoms with Crippen LogP contribution in [0.2, 0.25) is 0 Å². The van der Waals surface area contributed by atoms with E-state index in [0.29, 0.717) is 17.5 Å². The van der Waals surface area contributed by atoms with Gasteiger partial charge in [0, 0.05) is 25.0 Å². The first-order valence-electron chi connectivity index (χ1n) is 7.22. The Morgan fingerprint density at radius 3 is 2.50 bits per heavy atom. The quantitative estimate of drug-likeness (QED) is 0.490. The zero-order valence-electron chi connectivity index (χ0n) is 12.8. The summed E-state index contributed by atoms with van der Waals surface area (Å²) in [5, 5.41) is 11.2. The highest BCUT2D eigenvalue weighted by Gasteiger charge is 2.35. The Kier molecular flexibility index (Phi) is 3.91. The summed E-state index contributed by atoms with van der Waals surface area (Å²) in [5.74, 6) is -0.388. The van der Waals surface area contributed by atoms with Crippen molar-refractivity contribution in [1.29, 1.82) is 0 Å². The number of hydrogen-bond donors (Lipinski definition) is 2. The highest BCUT2D eigenvalue weighted by Crippen LogP contribution is 2.50. The molecule has 0 fully saturated rings. The van der Waals surface area contributed by atoms with Crippen LogP contribution in [0.25, 0.3) is 5.57 Å². The van der Waals surface area contributed by atoms with E-state index in [9.17, 15) is 29.3 Å². The van der Waals surface area contributed by atoms with Crippen LogP contribution in [0.1, 0.15) is 34.3 Å². The predicted molar refractivity (Wildman–Crippen MR) is 86.2 cm³/mol. The maximum atomic E-state index is 12.2. The summed E-state index contributed by atoms with van der Waals surface area (Å²) in [7, 11) is -2.67. The summed E-state index contributed by atoms with van der Waals surface area (Å²) in [4.78, 5) is 42.7. The number of nitro groups is 1. The third kappa shape index (κ3) is 2.69. The van der Waals surface area contributed by atoms with Crippen molar-refractivity contribution >= 4 is 24.8 Å². The van der Waals surface area contributed by atoms with Gasteiger partial charge in [0.25, 0.3) is 11.6 Å². The molecule has 0 atom stereocenters. The molecular weight excluding hydrogens is 335 g/mol. The number of nitro benzene ring substituents is 1. The van der Waals surface area contributed by atoms with Gasteiger partial charge in [-0.3, -0.25) is 19.5 Å². The van der Waals surface area contributed by atoms with Crippen LogP contribution in [0.15, 0.2) is 29.6 Å². The molecule has 0 spiro atoms. The van der Waals surface area contributed by atoms with Crippen molar-refractivity contribution in [2.24, 2.45) is 0 Å². The van der Waals surface area contributed by atoms with Gasteiger partial charge in [0.15, 0.2) is 0 Å². The van der Waals surface area contributed by atoms with Crippen LogP contribution in [0.4, 0.5) is 5.69 Å². The van der Waals surface area contributed by atoms with Crippen LogP contribution in [0.3, 0.4) is 0 Å². The standard InChI is InChI=1S/C15H15N2O6P/c1-16-8-12-11(6-7-13(17(19)20)14(12)15(16)18)9-2-4-10(5-3-9)24(21,22)23/h2,4,6-7H,3,5,8H2,1H3,(H2,21,22,23). The second-order valence-corrected chi connectivity index (χ2v) is 7.46. The fourth-order valence-electron chi connectivity index (χ4n) is 3.08. The van der Waals surface area contributed by atoms with E-state index in [2.05, 4.69) is 0 Å². The van der Waals surface area contributed by atoms with E-state index in [1.54, 1.807) is 19.2 Å². The molecule has 8 nitrogen and oxygen atoms in total. The van der Waals surface area contributed by atoms with Gasteiger partial charge in [0.2, 0.25) is 0 Å². The Morgan fingerprint density at radius 2 is 1.96 bits per heavy atom. The van der Waals surface area contributed by atoms with Crippen molar-refractivity contribution < 1.29 is 24.1 Å². The minimum atomic E-state index is -4.25. The first kappa shape index (κ1) is 16.6. The average Bonchev–Trinajstić information content (AvgIpc) is 2.81. The smallest absolute Gasteiger partial charge is 0.337 e. The number of rotatable bonds is 3. The first-order chi connectivity index (χ1) is 11.2. The third-order valence-corrected chi connectivity index (χ3v) is 5.41. The van der Waals surface area contributed by atoms with Gasteiger partial charge in [-0.25, -0.2) is 0 Å². The summed E-state index contributed by atoms with van der Waals surface area (Å²) in [6.45, 7) is 0.275. The van der Waals surface area contributed by atoms with Gasteiger partial charge in [-0.1, -0.05) is 12.2 Å². The second-order valence-electron chi connectivity index (χ2n) is 5.80. The summed E-state index contributed by atoms with van der Waals surface area (Å²) < 4.78 is 11.3. The van der Waals surface area contributed by atoms with E-state index in [4.69, 9.17) is 0 Å². The Hall–Kier alpha value is -2.28. The largest absolute Gasteiger partial charge is 0.352 e. The summed E-state index contributed by atoms with van der Waals surface area (Å²) in [6.07, 6.45) is 3.63. The fraction of sp³-hybridized carbons (Fsp3) is 0.267. The molecule has 1 aliphatic carbocycles. The van der Waals surface area contributed by atoms with Crippen molar-refractivity contribution in [2.75, 3.05) is 7.05 Å². The zero-order chi connectivity index (χ0) is 17.6. The van der Waals surface area contributed by atoms with Gasteiger partial charge in [-0.05, 0) is 35.6 Å². The molecule has 9 heteroatoms. The summed E-state index contributed by atoms with van der Waals surface area (Å²) >= 11 is 0. The van der Waals surface area contributed by atoms with Crippen LogP contribution >= 0.6 is 7.60 Å². The minimum absolute atomic E-state index is 0.0676. The lowest BCUT2D eigenvalue weighted by Crippen LogP contribution is -2.18. The van der Waals surface area contributed by atoms with Crippen molar-refractivity contribution in [3.05, 3.63) is 56.4 Å². The number of nitrogens with zero attached hydrogens (tertiary/aromatic N) is 2. The van der Waals surface area contributed by atoms with Gasteiger partial charge in [-0.2, -0.15) is 0 Å². The van der Waals surface area contributed by atoms with Crippen LogP contribution in [-0.2, 0) is 11.1 Å². The number of hydrogen-bond acceptors (Lipinski definition) is 4. The molecule has 0 saturated heterocycles. The molecule has 3 rings (SSSR count). The lowest BCUT2D eigenvalue weighted by molar-refractivity contribution is -0.385. The van der Waals surface area contributed by atoms with E-state index >= 15 is 0 Å². The normalized spacial score (nSPS) is 17.5. The van der Waals surface area contributed by atoms with Crippen molar-refractivity contribution in [3.63, 3.8) is 0 Å². The zero-order valence-corrected chi connectivity index (χ0v) is 13.7. The molecular formula is C15H15N2O6P. The van der Waals surface area contributed by atoms with Crippen molar-refractivity contribution in [1.82, 2.24) is 4.90 Å². The number of fused-ring (bicyclic) bond motifs is 1. The summed E-state index contributed by atoms with van der Waals surface area (Å²) in [5.41, 5.74) is 2.00. The molecule has 1 amide bonds. The van der Waals surface area contributed by atoms with Crippen molar-refractivity contribution in [2.45, 2.75) is 19.4 Å². The molecule has 2 N–H and O–H groups in total. The number of benzene rings is 1. The lowest BCUT2D eigenvalue weighted by Gasteiger charge is -2.17.